The summed E-state index contributed by atoms with van der Waals surface area (Å²) in [5.74, 6) is -0.827. The molecule has 1 saturated carbocycles. The molecule has 0 bridgehead atoms. The highest BCUT2D eigenvalue weighted by Crippen LogP contribution is 2.43. The van der Waals surface area contributed by atoms with Crippen molar-refractivity contribution in [1.29, 1.82) is 0 Å². The number of halogens is 2. The SMILES string of the molecule is COc1cc2c(Oc3ccc(NC(=O)C4(C(=O)Nc5ccc(F)cc5)CCC4)cc3F)ccnc2cc1OCCN1CC(N2CCOCC2)C1. The molecule has 13 heteroatoms. The molecule has 0 spiro atoms. The second-order valence-corrected chi connectivity index (χ2v) is 12.8. The largest absolute Gasteiger partial charge is 0.493 e. The number of likely N-dealkylation sites (tertiary alicyclic amines) is 1. The lowest BCUT2D eigenvalue weighted by atomic mass is 9.67. The zero-order valence-corrected chi connectivity index (χ0v) is 27.8. The molecule has 262 valence electrons. The summed E-state index contributed by atoms with van der Waals surface area (Å²) in [6.07, 6.45) is 2.95. The van der Waals surface area contributed by atoms with E-state index in [4.69, 9.17) is 18.9 Å². The molecular formula is C37H39F2N5O6. The van der Waals surface area contributed by atoms with Crippen LogP contribution in [0.15, 0.2) is 66.9 Å². The Bertz CT molecular complexity index is 1860. The molecule has 7 rings (SSSR count). The Kier molecular flexibility index (Phi) is 9.79. The number of hydrogen-bond acceptors (Lipinski definition) is 9. The van der Waals surface area contributed by atoms with Crippen molar-refractivity contribution >= 4 is 34.1 Å². The van der Waals surface area contributed by atoms with Crippen molar-refractivity contribution in [1.82, 2.24) is 14.8 Å². The summed E-state index contributed by atoms with van der Waals surface area (Å²) >= 11 is 0. The van der Waals surface area contributed by atoms with Gasteiger partial charge in [0.15, 0.2) is 23.1 Å². The molecule has 4 aromatic rings. The average Bonchev–Trinajstić information content (AvgIpc) is 3.07. The lowest BCUT2D eigenvalue weighted by Gasteiger charge is -2.46. The van der Waals surface area contributed by atoms with E-state index in [1.165, 1.54) is 36.4 Å². The van der Waals surface area contributed by atoms with Crippen molar-refractivity contribution in [3.05, 3.63) is 78.5 Å². The minimum atomic E-state index is -1.31. The molecule has 2 amide bonds. The van der Waals surface area contributed by atoms with Gasteiger partial charge in [-0.1, -0.05) is 6.42 Å². The Morgan fingerprint density at radius 2 is 1.62 bits per heavy atom. The Labute approximate surface area is 288 Å². The van der Waals surface area contributed by atoms with Crippen molar-refractivity contribution in [2.75, 3.05) is 70.3 Å². The first kappa shape index (κ1) is 33.6. The van der Waals surface area contributed by atoms with Crippen LogP contribution in [0.4, 0.5) is 20.2 Å². The maximum atomic E-state index is 15.4. The zero-order chi connectivity index (χ0) is 34.7. The molecule has 0 radical (unpaired) electrons. The summed E-state index contributed by atoms with van der Waals surface area (Å²) in [7, 11) is 1.56. The predicted molar refractivity (Wildman–Crippen MR) is 183 cm³/mol. The Hall–Kier alpha value is -4.85. The highest BCUT2D eigenvalue weighted by Gasteiger charge is 2.51. The van der Waals surface area contributed by atoms with Gasteiger partial charge >= 0.3 is 0 Å². The maximum Gasteiger partial charge on any atom is 0.240 e. The Morgan fingerprint density at radius 1 is 0.900 bits per heavy atom. The van der Waals surface area contributed by atoms with Crippen LogP contribution >= 0.6 is 0 Å². The van der Waals surface area contributed by atoms with Crippen molar-refractivity contribution in [3.8, 4) is 23.0 Å². The number of carbonyl (C=O) groups excluding carboxylic acids is 2. The molecule has 2 N–H and O–H groups in total. The van der Waals surface area contributed by atoms with Gasteiger partial charge in [0.25, 0.3) is 0 Å². The predicted octanol–water partition coefficient (Wildman–Crippen LogP) is 5.46. The number of anilines is 2. The number of methoxy groups -OCH3 is 1. The van der Waals surface area contributed by atoms with Crippen LogP contribution in [0.5, 0.6) is 23.0 Å². The minimum Gasteiger partial charge on any atom is -0.493 e. The van der Waals surface area contributed by atoms with E-state index < -0.39 is 28.9 Å². The molecule has 50 heavy (non-hydrogen) atoms. The van der Waals surface area contributed by atoms with E-state index in [1.807, 2.05) is 0 Å². The number of rotatable bonds is 12. The third-order valence-corrected chi connectivity index (χ3v) is 9.74. The first-order valence-electron chi connectivity index (χ1n) is 16.8. The maximum absolute atomic E-state index is 15.4. The molecule has 2 saturated heterocycles. The van der Waals surface area contributed by atoms with Gasteiger partial charge in [-0.15, -0.1) is 0 Å². The molecule has 3 aromatic carbocycles. The number of hydrogen-bond donors (Lipinski definition) is 2. The van der Waals surface area contributed by atoms with Crippen LogP contribution in [0.2, 0.25) is 0 Å². The highest BCUT2D eigenvalue weighted by atomic mass is 19.1. The van der Waals surface area contributed by atoms with Crippen LogP contribution in [-0.4, -0.2) is 92.3 Å². The van der Waals surface area contributed by atoms with Gasteiger partial charge < -0.3 is 29.6 Å². The van der Waals surface area contributed by atoms with E-state index in [0.717, 1.165) is 52.0 Å². The van der Waals surface area contributed by atoms with E-state index in [1.54, 1.807) is 31.5 Å². The van der Waals surface area contributed by atoms with Gasteiger partial charge in [0.05, 0.1) is 25.8 Å². The van der Waals surface area contributed by atoms with Gasteiger partial charge in [0.1, 0.15) is 23.6 Å². The van der Waals surface area contributed by atoms with Gasteiger partial charge in [0.2, 0.25) is 11.8 Å². The number of ether oxygens (including phenoxy) is 4. The fourth-order valence-electron chi connectivity index (χ4n) is 6.58. The molecule has 3 fully saturated rings. The zero-order valence-electron chi connectivity index (χ0n) is 27.8. The number of carbonyl (C=O) groups is 2. The first-order valence-corrected chi connectivity index (χ1v) is 16.8. The number of benzene rings is 3. The summed E-state index contributed by atoms with van der Waals surface area (Å²) < 4.78 is 51.9. The molecule has 2 aliphatic heterocycles. The van der Waals surface area contributed by atoms with Crippen LogP contribution in [0.3, 0.4) is 0 Å². The number of aromatic nitrogens is 1. The van der Waals surface area contributed by atoms with Crippen LogP contribution in [-0.2, 0) is 14.3 Å². The first-order chi connectivity index (χ1) is 24.3. The average molecular weight is 688 g/mol. The van der Waals surface area contributed by atoms with Gasteiger partial charge in [-0.25, -0.2) is 8.78 Å². The summed E-state index contributed by atoms with van der Waals surface area (Å²) in [5.41, 5.74) is -0.158. The van der Waals surface area contributed by atoms with E-state index in [-0.39, 0.29) is 11.4 Å². The molecule has 11 nitrogen and oxygen atoms in total. The Morgan fingerprint density at radius 3 is 2.30 bits per heavy atom. The van der Waals surface area contributed by atoms with Crippen molar-refractivity contribution in [3.63, 3.8) is 0 Å². The fourth-order valence-corrected chi connectivity index (χ4v) is 6.58. The lowest BCUT2D eigenvalue weighted by molar-refractivity contribution is -0.142. The summed E-state index contributed by atoms with van der Waals surface area (Å²) in [6.45, 7) is 6.89. The molecule has 0 atom stereocenters. The van der Waals surface area contributed by atoms with E-state index in [0.29, 0.717) is 65.8 Å². The molecule has 0 unspecified atom stereocenters. The van der Waals surface area contributed by atoms with E-state index in [2.05, 4.69) is 25.4 Å². The number of nitrogens with one attached hydrogen (secondary N) is 2. The second kappa shape index (κ2) is 14.6. The van der Waals surface area contributed by atoms with Gasteiger partial charge in [-0.2, -0.15) is 0 Å². The number of fused-ring (bicyclic) bond motifs is 1. The number of pyridine rings is 1. The molecular weight excluding hydrogens is 648 g/mol. The summed E-state index contributed by atoms with van der Waals surface area (Å²) in [4.78, 5) is 35.7. The molecule has 1 aromatic heterocycles. The third-order valence-electron chi connectivity index (χ3n) is 9.74. The minimum absolute atomic E-state index is 0.0628. The van der Waals surface area contributed by atoms with Crippen molar-refractivity contribution < 1.29 is 37.3 Å². The monoisotopic (exact) mass is 687 g/mol. The van der Waals surface area contributed by atoms with Crippen LogP contribution in [0.25, 0.3) is 10.9 Å². The molecule has 3 aliphatic rings. The number of amides is 2. The van der Waals surface area contributed by atoms with Crippen LogP contribution < -0.4 is 24.8 Å². The van der Waals surface area contributed by atoms with Gasteiger partial charge in [-0.3, -0.25) is 24.4 Å². The van der Waals surface area contributed by atoms with Crippen molar-refractivity contribution in [2.24, 2.45) is 5.41 Å². The van der Waals surface area contributed by atoms with Crippen molar-refractivity contribution in [2.45, 2.75) is 25.3 Å². The molecule has 1 aliphatic carbocycles. The van der Waals surface area contributed by atoms with E-state index in [9.17, 15) is 14.0 Å². The van der Waals surface area contributed by atoms with Gasteiger partial charge in [0, 0.05) is 73.9 Å². The fraction of sp³-hybridized carbons (Fsp3) is 0.378. The smallest absolute Gasteiger partial charge is 0.240 e. The Balaban J connectivity index is 0.978. The second-order valence-electron chi connectivity index (χ2n) is 12.8. The lowest BCUT2D eigenvalue weighted by Crippen LogP contribution is -2.61. The summed E-state index contributed by atoms with van der Waals surface area (Å²) in [6, 6.07) is 15.1. The van der Waals surface area contributed by atoms with E-state index >= 15 is 4.39 Å². The standard InChI is InChI=1S/C37H39F2N5O6/c1-47-33-20-28-30(21-34(33)49-18-13-43-22-27(23-43)44-14-16-48-17-15-44)40-12-9-31(28)50-32-8-7-26(19-29(32)39)42-36(46)37(10-2-11-37)35(45)41-25-5-3-24(38)4-6-25/h3-9,12,19-21,27H,2,10-11,13-18,22-23H2,1H3,(H,41,45)(H,42,46). The van der Waals surface area contributed by atoms with Crippen LogP contribution in [0, 0.1) is 17.0 Å². The third kappa shape index (κ3) is 7.07. The van der Waals surface area contributed by atoms with Gasteiger partial charge in [-0.05, 0) is 61.4 Å². The summed E-state index contributed by atoms with van der Waals surface area (Å²) in [5, 5.41) is 5.98. The number of nitrogens with zero attached hydrogens (tertiary/aromatic N) is 3. The number of morpholine rings is 1. The quantitative estimate of drug-likeness (QED) is 0.188. The topological polar surface area (TPSA) is 114 Å². The molecule has 3 heterocycles. The highest BCUT2D eigenvalue weighted by molar-refractivity contribution is 6.15. The normalized spacial score (nSPS) is 17.7. The van der Waals surface area contributed by atoms with Crippen LogP contribution in [0.1, 0.15) is 19.3 Å².